The number of furan rings is 1. The Labute approximate surface area is 140 Å². The number of hydrogen-bond donors (Lipinski definition) is 0. The van der Waals surface area contributed by atoms with Gasteiger partial charge in [-0.2, -0.15) is 0 Å². The molecule has 0 saturated carbocycles. The van der Waals surface area contributed by atoms with Gasteiger partial charge >= 0.3 is 0 Å². The maximum atomic E-state index is 5.49. The summed E-state index contributed by atoms with van der Waals surface area (Å²) in [6.45, 7) is 5.83. The Bertz CT molecular complexity index is 602. The number of anilines is 1. The van der Waals surface area contributed by atoms with Gasteiger partial charge in [-0.15, -0.1) is 5.92 Å². The van der Waals surface area contributed by atoms with E-state index in [1.165, 1.54) is 36.9 Å². The number of nitrogens with zero attached hydrogens (tertiary/aromatic N) is 1. The molecule has 2 nitrogen and oxygen atoms in total. The van der Waals surface area contributed by atoms with Crippen molar-refractivity contribution in [1.29, 1.82) is 0 Å². The Morgan fingerprint density at radius 3 is 2.52 bits per heavy atom. The van der Waals surface area contributed by atoms with Crippen LogP contribution in [0.4, 0.5) is 5.69 Å². The largest absolute Gasteiger partial charge is 0.467 e. The van der Waals surface area contributed by atoms with Crippen molar-refractivity contribution in [2.45, 2.75) is 52.5 Å². The molecule has 1 heterocycles. The molecule has 0 N–H and O–H groups in total. The molecule has 1 aromatic heterocycles. The van der Waals surface area contributed by atoms with Crippen LogP contribution in [0.1, 0.15) is 50.4 Å². The van der Waals surface area contributed by atoms with E-state index in [2.05, 4.69) is 54.9 Å². The fraction of sp³-hybridized carbons (Fsp3) is 0.429. The van der Waals surface area contributed by atoms with Crippen molar-refractivity contribution in [2.75, 3.05) is 11.4 Å². The SMILES string of the molecule is CCCCCCC#CCN(Cc1ccco1)c1ccc(C)cc1. The highest BCUT2D eigenvalue weighted by Gasteiger charge is 2.07. The zero-order valence-electron chi connectivity index (χ0n) is 14.3. The molecule has 0 aliphatic rings. The van der Waals surface area contributed by atoms with Crippen LogP contribution >= 0.6 is 0 Å². The third kappa shape index (κ3) is 6.24. The molecule has 0 aliphatic carbocycles. The number of unbranched alkanes of at least 4 members (excludes halogenated alkanes) is 4. The highest BCUT2D eigenvalue weighted by molar-refractivity contribution is 5.48. The first-order chi connectivity index (χ1) is 11.3. The Kier molecular flexibility index (Phi) is 7.33. The molecule has 2 rings (SSSR count). The molecule has 1 aromatic carbocycles. The minimum atomic E-state index is 0.734. The maximum absolute atomic E-state index is 5.49. The third-order valence-corrected chi connectivity index (χ3v) is 3.88. The second kappa shape index (κ2) is 9.79. The summed E-state index contributed by atoms with van der Waals surface area (Å²) in [6, 6.07) is 12.5. The van der Waals surface area contributed by atoms with Crippen molar-refractivity contribution in [3.05, 3.63) is 54.0 Å². The number of hydrogen-bond acceptors (Lipinski definition) is 2. The van der Waals surface area contributed by atoms with Gasteiger partial charge in [0.15, 0.2) is 0 Å². The highest BCUT2D eigenvalue weighted by atomic mass is 16.3. The predicted molar refractivity (Wildman–Crippen MR) is 97.5 cm³/mol. The van der Waals surface area contributed by atoms with Crippen LogP contribution in [-0.4, -0.2) is 6.54 Å². The summed E-state index contributed by atoms with van der Waals surface area (Å²) in [5.74, 6) is 7.60. The Morgan fingerprint density at radius 1 is 1.00 bits per heavy atom. The van der Waals surface area contributed by atoms with Gasteiger partial charge in [0.05, 0.1) is 19.4 Å². The van der Waals surface area contributed by atoms with Crippen molar-refractivity contribution in [3.63, 3.8) is 0 Å². The van der Waals surface area contributed by atoms with E-state index in [4.69, 9.17) is 4.42 Å². The van der Waals surface area contributed by atoms with Gasteiger partial charge in [-0.25, -0.2) is 0 Å². The zero-order chi connectivity index (χ0) is 16.3. The number of aryl methyl sites for hydroxylation is 1. The second-order valence-corrected chi connectivity index (χ2v) is 5.94. The highest BCUT2D eigenvalue weighted by Crippen LogP contribution is 2.18. The Hall–Kier alpha value is -2.14. The molecule has 0 spiro atoms. The van der Waals surface area contributed by atoms with E-state index in [0.717, 1.165) is 25.3 Å². The Balaban J connectivity index is 1.94. The van der Waals surface area contributed by atoms with E-state index >= 15 is 0 Å². The maximum Gasteiger partial charge on any atom is 0.123 e. The molecule has 0 fully saturated rings. The lowest BCUT2D eigenvalue weighted by Gasteiger charge is -2.21. The van der Waals surface area contributed by atoms with Gasteiger partial charge in [0.2, 0.25) is 0 Å². The molecular weight excluding hydrogens is 282 g/mol. The summed E-state index contributed by atoms with van der Waals surface area (Å²) in [4.78, 5) is 2.26. The molecule has 0 aliphatic heterocycles. The quantitative estimate of drug-likeness (QED) is 0.468. The van der Waals surface area contributed by atoms with Gasteiger partial charge in [-0.05, 0) is 37.6 Å². The number of benzene rings is 1. The van der Waals surface area contributed by atoms with E-state index in [1.807, 2.05) is 12.1 Å². The van der Waals surface area contributed by atoms with Crippen LogP contribution in [0, 0.1) is 18.8 Å². The minimum absolute atomic E-state index is 0.734. The van der Waals surface area contributed by atoms with E-state index in [1.54, 1.807) is 6.26 Å². The molecule has 23 heavy (non-hydrogen) atoms. The smallest absolute Gasteiger partial charge is 0.123 e. The van der Waals surface area contributed by atoms with Crippen LogP contribution in [-0.2, 0) is 6.54 Å². The normalized spacial score (nSPS) is 10.2. The van der Waals surface area contributed by atoms with Crippen molar-refractivity contribution in [3.8, 4) is 11.8 Å². The fourth-order valence-corrected chi connectivity index (χ4v) is 2.46. The monoisotopic (exact) mass is 309 g/mol. The van der Waals surface area contributed by atoms with Crippen LogP contribution < -0.4 is 4.90 Å². The van der Waals surface area contributed by atoms with Crippen molar-refractivity contribution in [2.24, 2.45) is 0 Å². The lowest BCUT2D eigenvalue weighted by molar-refractivity contribution is 0.505. The van der Waals surface area contributed by atoms with E-state index in [0.29, 0.717) is 0 Å². The summed E-state index contributed by atoms with van der Waals surface area (Å²) in [7, 11) is 0. The molecule has 0 atom stereocenters. The molecule has 0 radical (unpaired) electrons. The molecule has 2 heteroatoms. The van der Waals surface area contributed by atoms with Crippen LogP contribution in [0.3, 0.4) is 0 Å². The van der Waals surface area contributed by atoms with Crippen molar-refractivity contribution in [1.82, 2.24) is 0 Å². The molecule has 0 unspecified atom stereocenters. The Morgan fingerprint density at radius 2 is 1.83 bits per heavy atom. The van der Waals surface area contributed by atoms with Gasteiger partial charge in [-0.3, -0.25) is 0 Å². The van der Waals surface area contributed by atoms with Gasteiger partial charge in [0, 0.05) is 12.1 Å². The van der Waals surface area contributed by atoms with E-state index < -0.39 is 0 Å². The van der Waals surface area contributed by atoms with Gasteiger partial charge < -0.3 is 9.32 Å². The molecule has 122 valence electrons. The topological polar surface area (TPSA) is 16.4 Å². The standard InChI is InChI=1S/C21H27NO/c1-3-4-5-6-7-8-9-16-22(18-21-11-10-17-23-21)20-14-12-19(2)13-15-20/h10-15,17H,3-7,16,18H2,1-2H3. The molecule has 0 saturated heterocycles. The molecule has 0 bridgehead atoms. The van der Waals surface area contributed by atoms with Crippen LogP contribution in [0.25, 0.3) is 0 Å². The van der Waals surface area contributed by atoms with Crippen LogP contribution in [0.2, 0.25) is 0 Å². The zero-order valence-corrected chi connectivity index (χ0v) is 14.3. The third-order valence-electron chi connectivity index (χ3n) is 3.88. The minimum Gasteiger partial charge on any atom is -0.467 e. The summed E-state index contributed by atoms with van der Waals surface area (Å²) in [6.07, 6.45) is 7.82. The van der Waals surface area contributed by atoms with Crippen molar-refractivity contribution < 1.29 is 4.42 Å². The average Bonchev–Trinajstić information content (AvgIpc) is 3.07. The van der Waals surface area contributed by atoms with Gasteiger partial charge in [0.1, 0.15) is 5.76 Å². The first kappa shape index (κ1) is 17.2. The van der Waals surface area contributed by atoms with Gasteiger partial charge in [0.25, 0.3) is 0 Å². The first-order valence-electron chi connectivity index (χ1n) is 8.59. The van der Waals surface area contributed by atoms with E-state index in [9.17, 15) is 0 Å². The molecule has 0 amide bonds. The summed E-state index contributed by atoms with van der Waals surface area (Å²) >= 11 is 0. The predicted octanol–water partition coefficient (Wildman–Crippen LogP) is 5.57. The summed E-state index contributed by atoms with van der Waals surface area (Å²) in [5.41, 5.74) is 2.46. The summed E-state index contributed by atoms with van der Waals surface area (Å²) in [5, 5.41) is 0. The van der Waals surface area contributed by atoms with Crippen molar-refractivity contribution >= 4 is 5.69 Å². The van der Waals surface area contributed by atoms with Crippen LogP contribution in [0.5, 0.6) is 0 Å². The molecule has 2 aromatic rings. The fourth-order valence-electron chi connectivity index (χ4n) is 2.46. The molecular formula is C21H27NO. The van der Waals surface area contributed by atoms with Crippen LogP contribution in [0.15, 0.2) is 47.1 Å². The lowest BCUT2D eigenvalue weighted by Crippen LogP contribution is -2.22. The number of rotatable bonds is 8. The summed E-state index contributed by atoms with van der Waals surface area (Å²) < 4.78 is 5.49. The van der Waals surface area contributed by atoms with Gasteiger partial charge in [-0.1, -0.05) is 49.8 Å². The first-order valence-corrected chi connectivity index (χ1v) is 8.59. The second-order valence-electron chi connectivity index (χ2n) is 5.94. The average molecular weight is 309 g/mol. The lowest BCUT2D eigenvalue weighted by atomic mass is 10.1. The van der Waals surface area contributed by atoms with E-state index in [-0.39, 0.29) is 0 Å².